The summed E-state index contributed by atoms with van der Waals surface area (Å²) in [4.78, 5) is 11.6. The zero-order valence-electron chi connectivity index (χ0n) is 11.3. The van der Waals surface area contributed by atoms with Crippen molar-refractivity contribution in [2.45, 2.75) is 45.6 Å². The van der Waals surface area contributed by atoms with Gasteiger partial charge in [0.25, 0.3) is 5.91 Å². The summed E-state index contributed by atoms with van der Waals surface area (Å²) in [6, 6.07) is 7.82. The van der Waals surface area contributed by atoms with Gasteiger partial charge in [-0.05, 0) is 30.0 Å². The Bertz CT molecular complexity index is 391. The predicted molar refractivity (Wildman–Crippen MR) is 72.2 cm³/mol. The topological polar surface area (TPSA) is 64.3 Å². The van der Waals surface area contributed by atoms with E-state index in [1.165, 1.54) is 5.56 Å². The van der Waals surface area contributed by atoms with Gasteiger partial charge in [-0.15, -0.1) is 0 Å². The standard InChI is InChI=1S/C14H22N2O2/c1-4-6-13(14(17)16-15)18-12-8-5-7-11(9-12)10(2)3/h5,7-10,13H,4,6,15H2,1-3H3,(H,16,17). The van der Waals surface area contributed by atoms with Crippen LogP contribution in [0.4, 0.5) is 0 Å². The maximum atomic E-state index is 11.6. The van der Waals surface area contributed by atoms with Crippen LogP contribution in [0.5, 0.6) is 5.75 Å². The Morgan fingerprint density at radius 3 is 2.72 bits per heavy atom. The number of hydrogen-bond acceptors (Lipinski definition) is 3. The Morgan fingerprint density at radius 2 is 2.17 bits per heavy atom. The highest BCUT2D eigenvalue weighted by molar-refractivity contribution is 5.80. The lowest BCUT2D eigenvalue weighted by atomic mass is 10.0. The summed E-state index contributed by atoms with van der Waals surface area (Å²) in [5.41, 5.74) is 3.33. The molecule has 1 aromatic carbocycles. The number of ether oxygens (including phenoxy) is 1. The van der Waals surface area contributed by atoms with Gasteiger partial charge in [-0.2, -0.15) is 0 Å². The van der Waals surface area contributed by atoms with Gasteiger partial charge in [-0.3, -0.25) is 10.2 Å². The van der Waals surface area contributed by atoms with Crippen molar-refractivity contribution in [1.82, 2.24) is 5.43 Å². The van der Waals surface area contributed by atoms with Gasteiger partial charge in [0.15, 0.2) is 6.10 Å². The first-order valence-corrected chi connectivity index (χ1v) is 6.35. The molecular formula is C14H22N2O2. The summed E-state index contributed by atoms with van der Waals surface area (Å²) in [7, 11) is 0. The van der Waals surface area contributed by atoms with E-state index in [1.54, 1.807) is 0 Å². The average Bonchev–Trinajstić information content (AvgIpc) is 2.37. The highest BCUT2D eigenvalue weighted by Gasteiger charge is 2.18. The van der Waals surface area contributed by atoms with Gasteiger partial charge in [0.1, 0.15) is 5.75 Å². The Hall–Kier alpha value is -1.55. The van der Waals surface area contributed by atoms with Gasteiger partial charge < -0.3 is 4.74 Å². The molecule has 0 aliphatic heterocycles. The Morgan fingerprint density at radius 1 is 1.44 bits per heavy atom. The molecule has 3 N–H and O–H groups in total. The molecule has 0 heterocycles. The van der Waals surface area contributed by atoms with Crippen LogP contribution in [-0.2, 0) is 4.79 Å². The lowest BCUT2D eigenvalue weighted by molar-refractivity contribution is -0.128. The van der Waals surface area contributed by atoms with E-state index in [4.69, 9.17) is 10.6 Å². The Balaban J connectivity index is 2.80. The third kappa shape index (κ3) is 4.04. The molecule has 4 heteroatoms. The smallest absolute Gasteiger partial charge is 0.274 e. The maximum absolute atomic E-state index is 11.6. The van der Waals surface area contributed by atoms with Crippen LogP contribution >= 0.6 is 0 Å². The first-order valence-electron chi connectivity index (χ1n) is 6.35. The quantitative estimate of drug-likeness (QED) is 0.463. The molecule has 0 aliphatic carbocycles. The van der Waals surface area contributed by atoms with Crippen LogP contribution in [0.1, 0.15) is 45.1 Å². The molecule has 100 valence electrons. The number of amides is 1. The first-order chi connectivity index (χ1) is 8.58. The number of carbonyl (C=O) groups is 1. The third-order valence-electron chi connectivity index (χ3n) is 2.79. The van der Waals surface area contributed by atoms with Gasteiger partial charge in [-0.1, -0.05) is 39.3 Å². The second-order valence-electron chi connectivity index (χ2n) is 4.63. The number of rotatable bonds is 6. The van der Waals surface area contributed by atoms with Gasteiger partial charge in [-0.25, -0.2) is 5.84 Å². The van der Waals surface area contributed by atoms with E-state index in [-0.39, 0.29) is 5.91 Å². The first kappa shape index (κ1) is 14.5. The molecule has 1 aromatic rings. The monoisotopic (exact) mass is 250 g/mol. The molecule has 0 aromatic heterocycles. The molecule has 0 saturated carbocycles. The zero-order valence-corrected chi connectivity index (χ0v) is 11.3. The molecule has 0 saturated heterocycles. The van der Waals surface area contributed by atoms with Crippen LogP contribution in [0.15, 0.2) is 24.3 Å². The van der Waals surface area contributed by atoms with Crippen molar-refractivity contribution < 1.29 is 9.53 Å². The SMILES string of the molecule is CCCC(Oc1cccc(C(C)C)c1)C(=O)NN. The van der Waals surface area contributed by atoms with Crippen molar-refractivity contribution in [1.29, 1.82) is 0 Å². The van der Waals surface area contributed by atoms with Crippen molar-refractivity contribution in [2.24, 2.45) is 5.84 Å². The molecule has 1 atom stereocenters. The van der Waals surface area contributed by atoms with Gasteiger partial charge >= 0.3 is 0 Å². The van der Waals surface area contributed by atoms with Gasteiger partial charge in [0.05, 0.1) is 0 Å². The van der Waals surface area contributed by atoms with Crippen molar-refractivity contribution in [3.05, 3.63) is 29.8 Å². The van der Waals surface area contributed by atoms with E-state index in [2.05, 4.69) is 25.3 Å². The number of nitrogens with one attached hydrogen (secondary N) is 1. The third-order valence-corrected chi connectivity index (χ3v) is 2.79. The van der Waals surface area contributed by atoms with Crippen LogP contribution in [-0.4, -0.2) is 12.0 Å². The second-order valence-corrected chi connectivity index (χ2v) is 4.63. The number of benzene rings is 1. The molecule has 0 radical (unpaired) electrons. The largest absolute Gasteiger partial charge is 0.481 e. The number of carbonyl (C=O) groups excluding carboxylic acids is 1. The molecule has 0 fully saturated rings. The molecule has 0 aliphatic rings. The minimum absolute atomic E-state index is 0.285. The summed E-state index contributed by atoms with van der Waals surface area (Å²) in [6.07, 6.45) is 0.985. The van der Waals surface area contributed by atoms with Gasteiger partial charge in [0, 0.05) is 0 Å². The fraction of sp³-hybridized carbons (Fsp3) is 0.500. The van der Waals surface area contributed by atoms with E-state index in [0.29, 0.717) is 18.1 Å². The molecule has 1 unspecified atom stereocenters. The average molecular weight is 250 g/mol. The molecule has 4 nitrogen and oxygen atoms in total. The van der Waals surface area contributed by atoms with Crippen molar-refractivity contribution in [2.75, 3.05) is 0 Å². The van der Waals surface area contributed by atoms with E-state index >= 15 is 0 Å². The molecule has 1 rings (SSSR count). The summed E-state index contributed by atoms with van der Waals surface area (Å²) in [6.45, 7) is 6.25. The van der Waals surface area contributed by atoms with E-state index in [1.807, 2.05) is 25.1 Å². The van der Waals surface area contributed by atoms with Crippen molar-refractivity contribution in [3.8, 4) is 5.75 Å². The highest BCUT2D eigenvalue weighted by atomic mass is 16.5. The van der Waals surface area contributed by atoms with Crippen LogP contribution in [0.25, 0.3) is 0 Å². The minimum Gasteiger partial charge on any atom is -0.481 e. The van der Waals surface area contributed by atoms with Crippen LogP contribution < -0.4 is 16.0 Å². The Kier molecular flexibility index (Phi) is 5.65. The summed E-state index contributed by atoms with van der Waals surface area (Å²) >= 11 is 0. The second kappa shape index (κ2) is 7.01. The molecule has 0 spiro atoms. The minimum atomic E-state index is -0.526. The van der Waals surface area contributed by atoms with Crippen LogP contribution in [0.3, 0.4) is 0 Å². The van der Waals surface area contributed by atoms with Crippen molar-refractivity contribution >= 4 is 5.91 Å². The summed E-state index contributed by atoms with van der Waals surface area (Å²) < 4.78 is 5.71. The fourth-order valence-electron chi connectivity index (χ4n) is 1.71. The maximum Gasteiger partial charge on any atom is 0.274 e. The molecule has 0 bridgehead atoms. The van der Waals surface area contributed by atoms with Gasteiger partial charge in [0.2, 0.25) is 0 Å². The molecular weight excluding hydrogens is 228 g/mol. The molecule has 1 amide bonds. The number of nitrogens with two attached hydrogens (primary N) is 1. The number of hydrogen-bond donors (Lipinski definition) is 2. The van der Waals surface area contributed by atoms with E-state index in [9.17, 15) is 4.79 Å². The fourth-order valence-corrected chi connectivity index (χ4v) is 1.71. The predicted octanol–water partition coefficient (Wildman–Crippen LogP) is 2.35. The summed E-state index contributed by atoms with van der Waals surface area (Å²) in [5, 5.41) is 0. The van der Waals surface area contributed by atoms with E-state index < -0.39 is 6.10 Å². The Labute approximate surface area is 108 Å². The normalized spacial score (nSPS) is 12.3. The van der Waals surface area contributed by atoms with Crippen LogP contribution in [0, 0.1) is 0 Å². The molecule has 18 heavy (non-hydrogen) atoms. The van der Waals surface area contributed by atoms with E-state index in [0.717, 1.165) is 6.42 Å². The zero-order chi connectivity index (χ0) is 13.5. The highest BCUT2D eigenvalue weighted by Crippen LogP contribution is 2.21. The number of hydrazine groups is 1. The van der Waals surface area contributed by atoms with Crippen molar-refractivity contribution in [3.63, 3.8) is 0 Å². The van der Waals surface area contributed by atoms with Crippen LogP contribution in [0.2, 0.25) is 0 Å². The summed E-state index contributed by atoms with van der Waals surface area (Å²) in [5.74, 6) is 6.01. The lowest BCUT2D eigenvalue weighted by Gasteiger charge is -2.17. The lowest BCUT2D eigenvalue weighted by Crippen LogP contribution is -2.42.